The van der Waals surface area contributed by atoms with Crippen LogP contribution in [0, 0.1) is 18.3 Å². The number of amides is 2. The molecule has 0 radical (unpaired) electrons. The average Bonchev–Trinajstić information content (AvgIpc) is 3.39. The Balaban J connectivity index is 1.35. The molecule has 32 heavy (non-hydrogen) atoms. The SMILES string of the molecule is Cc1ncc(Cl)cc1NCc1ccc(C(=O)N[C@@H](CC2CC(C)(C)C2)C(=O)NC2CC2)s1. The Kier molecular flexibility index (Phi) is 6.77. The van der Waals surface area contributed by atoms with E-state index in [2.05, 4.69) is 34.8 Å². The Morgan fingerprint density at radius 1 is 1.28 bits per heavy atom. The van der Waals surface area contributed by atoms with Crippen LogP contribution >= 0.6 is 22.9 Å². The Hall–Kier alpha value is -2.12. The van der Waals surface area contributed by atoms with Crippen LogP contribution < -0.4 is 16.0 Å². The van der Waals surface area contributed by atoms with Crippen molar-refractivity contribution in [3.63, 3.8) is 0 Å². The summed E-state index contributed by atoms with van der Waals surface area (Å²) in [5.74, 6) is 0.252. The topological polar surface area (TPSA) is 83.1 Å². The highest BCUT2D eigenvalue weighted by molar-refractivity contribution is 7.14. The van der Waals surface area contributed by atoms with Crippen LogP contribution in [-0.2, 0) is 11.3 Å². The summed E-state index contributed by atoms with van der Waals surface area (Å²) in [6.07, 6.45) is 6.59. The molecule has 2 heterocycles. The number of aromatic nitrogens is 1. The molecule has 2 aromatic heterocycles. The van der Waals surface area contributed by atoms with Gasteiger partial charge < -0.3 is 16.0 Å². The number of carbonyl (C=O) groups excluding carboxylic acids is 2. The normalized spacial score (nSPS) is 18.5. The van der Waals surface area contributed by atoms with Gasteiger partial charge in [0.25, 0.3) is 5.91 Å². The third-order valence-electron chi connectivity index (χ3n) is 6.19. The number of aryl methyl sites for hydroxylation is 1. The average molecular weight is 475 g/mol. The lowest BCUT2D eigenvalue weighted by atomic mass is 9.63. The Morgan fingerprint density at radius 2 is 2.03 bits per heavy atom. The molecule has 172 valence electrons. The van der Waals surface area contributed by atoms with Gasteiger partial charge >= 0.3 is 0 Å². The van der Waals surface area contributed by atoms with Crippen LogP contribution in [0.1, 0.15) is 66.2 Å². The molecule has 2 aliphatic rings. The highest BCUT2D eigenvalue weighted by Crippen LogP contribution is 2.46. The van der Waals surface area contributed by atoms with E-state index in [1.165, 1.54) is 11.3 Å². The summed E-state index contributed by atoms with van der Waals surface area (Å²) in [5, 5.41) is 9.97. The number of carbonyl (C=O) groups is 2. The van der Waals surface area contributed by atoms with Crippen molar-refractivity contribution < 1.29 is 9.59 Å². The fourth-order valence-electron chi connectivity index (χ4n) is 4.46. The molecule has 0 aromatic carbocycles. The maximum absolute atomic E-state index is 12.9. The predicted molar refractivity (Wildman–Crippen MR) is 129 cm³/mol. The summed E-state index contributed by atoms with van der Waals surface area (Å²) in [4.78, 5) is 31.6. The van der Waals surface area contributed by atoms with Gasteiger partial charge in [-0.2, -0.15) is 0 Å². The molecule has 1 atom stereocenters. The van der Waals surface area contributed by atoms with Crippen molar-refractivity contribution in [2.24, 2.45) is 11.3 Å². The minimum Gasteiger partial charge on any atom is -0.379 e. The number of pyridine rings is 1. The fourth-order valence-corrected chi connectivity index (χ4v) is 5.47. The molecular weight excluding hydrogens is 444 g/mol. The van der Waals surface area contributed by atoms with Crippen molar-refractivity contribution in [2.45, 2.75) is 71.5 Å². The minimum absolute atomic E-state index is 0.0482. The molecular formula is C24H31ClN4O2S. The molecule has 0 saturated heterocycles. The standard InChI is InChI=1S/C24H31ClN4O2S/c1-14-19(9-16(25)12-26-14)27-13-18-6-7-21(32-18)23(31)29-20(22(30)28-17-4-5-17)8-15-10-24(2,3)11-15/h6-7,9,12,15,17,20,27H,4-5,8,10-11,13H2,1-3H3,(H,28,30)(H,29,31)/t20-/m0/s1. The summed E-state index contributed by atoms with van der Waals surface area (Å²) in [6, 6.07) is 5.41. The molecule has 3 N–H and O–H groups in total. The Labute approximate surface area is 198 Å². The van der Waals surface area contributed by atoms with Crippen molar-refractivity contribution in [1.82, 2.24) is 15.6 Å². The van der Waals surface area contributed by atoms with Crippen LogP contribution in [-0.4, -0.2) is 28.9 Å². The molecule has 2 fully saturated rings. The highest BCUT2D eigenvalue weighted by atomic mass is 35.5. The smallest absolute Gasteiger partial charge is 0.262 e. The van der Waals surface area contributed by atoms with Gasteiger partial charge in [0, 0.05) is 23.7 Å². The number of nitrogens with zero attached hydrogens (tertiary/aromatic N) is 1. The highest BCUT2D eigenvalue weighted by Gasteiger charge is 2.39. The number of thiophene rings is 1. The van der Waals surface area contributed by atoms with Gasteiger partial charge in [-0.25, -0.2) is 0 Å². The van der Waals surface area contributed by atoms with Crippen LogP contribution in [0.15, 0.2) is 24.4 Å². The predicted octanol–water partition coefficient (Wildman–Crippen LogP) is 4.92. The monoisotopic (exact) mass is 474 g/mol. The number of anilines is 1. The van der Waals surface area contributed by atoms with E-state index in [9.17, 15) is 9.59 Å². The summed E-state index contributed by atoms with van der Waals surface area (Å²) in [7, 11) is 0. The van der Waals surface area contributed by atoms with E-state index in [1.54, 1.807) is 6.20 Å². The van der Waals surface area contributed by atoms with Gasteiger partial charge in [-0.05, 0) is 68.6 Å². The first kappa shape index (κ1) is 23.1. The molecule has 2 aliphatic carbocycles. The molecule has 0 bridgehead atoms. The van der Waals surface area contributed by atoms with E-state index in [-0.39, 0.29) is 17.9 Å². The van der Waals surface area contributed by atoms with Crippen molar-refractivity contribution in [1.29, 1.82) is 0 Å². The maximum atomic E-state index is 12.9. The Bertz CT molecular complexity index is 994. The molecule has 0 spiro atoms. The molecule has 0 aliphatic heterocycles. The number of rotatable bonds is 9. The third-order valence-corrected chi connectivity index (χ3v) is 7.48. The molecule has 2 saturated carbocycles. The lowest BCUT2D eigenvalue weighted by Gasteiger charge is -2.43. The first-order valence-corrected chi connectivity index (χ1v) is 12.4. The zero-order chi connectivity index (χ0) is 22.9. The van der Waals surface area contributed by atoms with Crippen LogP contribution in [0.5, 0.6) is 0 Å². The molecule has 2 aromatic rings. The van der Waals surface area contributed by atoms with Gasteiger partial charge in [0.1, 0.15) is 6.04 Å². The number of hydrogen-bond acceptors (Lipinski definition) is 5. The molecule has 6 nitrogen and oxygen atoms in total. The van der Waals surface area contributed by atoms with Crippen molar-refractivity contribution in [2.75, 3.05) is 5.32 Å². The number of nitrogens with one attached hydrogen (secondary N) is 3. The second kappa shape index (κ2) is 9.40. The first-order chi connectivity index (χ1) is 15.2. The lowest BCUT2D eigenvalue weighted by Crippen LogP contribution is -2.49. The number of halogens is 1. The van der Waals surface area contributed by atoms with Crippen LogP contribution in [0.4, 0.5) is 5.69 Å². The molecule has 2 amide bonds. The van der Waals surface area contributed by atoms with E-state index in [1.807, 2.05) is 25.1 Å². The zero-order valence-corrected chi connectivity index (χ0v) is 20.4. The van der Waals surface area contributed by atoms with Gasteiger partial charge in [0.15, 0.2) is 0 Å². The molecule has 0 unspecified atom stereocenters. The van der Waals surface area contributed by atoms with Gasteiger partial charge in [-0.3, -0.25) is 14.6 Å². The van der Waals surface area contributed by atoms with Gasteiger partial charge in [0.05, 0.1) is 21.3 Å². The summed E-state index contributed by atoms with van der Waals surface area (Å²) < 4.78 is 0. The van der Waals surface area contributed by atoms with Crippen molar-refractivity contribution in [3.8, 4) is 0 Å². The second-order valence-electron chi connectivity index (χ2n) is 9.89. The summed E-state index contributed by atoms with van der Waals surface area (Å²) in [6.45, 7) is 7.00. The van der Waals surface area contributed by atoms with Crippen molar-refractivity contribution >= 4 is 40.4 Å². The molecule has 8 heteroatoms. The van der Waals surface area contributed by atoms with E-state index >= 15 is 0 Å². The lowest BCUT2D eigenvalue weighted by molar-refractivity contribution is -0.124. The maximum Gasteiger partial charge on any atom is 0.262 e. The quantitative estimate of drug-likeness (QED) is 0.481. The summed E-state index contributed by atoms with van der Waals surface area (Å²) >= 11 is 7.46. The van der Waals surface area contributed by atoms with E-state index in [0.29, 0.717) is 34.2 Å². The number of hydrogen-bond donors (Lipinski definition) is 3. The fraction of sp³-hybridized carbons (Fsp3) is 0.542. The largest absolute Gasteiger partial charge is 0.379 e. The van der Waals surface area contributed by atoms with Crippen molar-refractivity contribution in [3.05, 3.63) is 44.9 Å². The van der Waals surface area contributed by atoms with Crippen LogP contribution in [0.25, 0.3) is 0 Å². The molecule has 4 rings (SSSR count). The van der Waals surface area contributed by atoms with Crippen LogP contribution in [0.3, 0.4) is 0 Å². The second-order valence-corrected chi connectivity index (χ2v) is 11.5. The minimum atomic E-state index is -0.479. The Morgan fingerprint density at radius 3 is 2.72 bits per heavy atom. The van der Waals surface area contributed by atoms with E-state index in [0.717, 1.165) is 41.9 Å². The van der Waals surface area contributed by atoms with E-state index in [4.69, 9.17) is 11.6 Å². The van der Waals surface area contributed by atoms with E-state index < -0.39 is 6.04 Å². The zero-order valence-electron chi connectivity index (χ0n) is 18.8. The third kappa shape index (κ3) is 6.01. The van der Waals surface area contributed by atoms with Gasteiger partial charge in [-0.15, -0.1) is 11.3 Å². The van der Waals surface area contributed by atoms with Crippen LogP contribution in [0.2, 0.25) is 5.02 Å². The summed E-state index contributed by atoms with van der Waals surface area (Å²) in [5.41, 5.74) is 2.09. The first-order valence-electron chi connectivity index (χ1n) is 11.2. The van der Waals surface area contributed by atoms with Gasteiger partial charge in [0.2, 0.25) is 5.91 Å². The van der Waals surface area contributed by atoms with Gasteiger partial charge in [-0.1, -0.05) is 25.4 Å².